The summed E-state index contributed by atoms with van der Waals surface area (Å²) >= 11 is 6.12. The lowest BCUT2D eigenvalue weighted by molar-refractivity contribution is -0.137. The third-order valence-electron chi connectivity index (χ3n) is 6.28. The fourth-order valence-corrected chi connectivity index (χ4v) is 6.33. The van der Waals surface area contributed by atoms with Crippen molar-refractivity contribution in [3.63, 3.8) is 0 Å². The van der Waals surface area contributed by atoms with Crippen LogP contribution in [0.5, 0.6) is 5.75 Å². The number of para-hydroxylation sites is 1. The average molecular weight is 496 g/mol. The van der Waals surface area contributed by atoms with Crippen LogP contribution in [-0.2, 0) is 14.8 Å². The highest BCUT2D eigenvalue weighted by Gasteiger charge is 2.36. The van der Waals surface area contributed by atoms with Crippen LogP contribution >= 0.6 is 11.6 Å². The van der Waals surface area contributed by atoms with Crippen molar-refractivity contribution in [3.05, 3.63) is 53.3 Å². The Hall–Kier alpha value is -2.36. The maximum Gasteiger partial charge on any atom is 0.243 e. The average Bonchev–Trinajstić information content (AvgIpc) is 2.84. The summed E-state index contributed by atoms with van der Waals surface area (Å²) in [5.74, 6) is -0.320. The van der Waals surface area contributed by atoms with Crippen molar-refractivity contribution in [3.8, 4) is 5.75 Å². The number of amides is 1. The van der Waals surface area contributed by atoms with E-state index >= 15 is 0 Å². The van der Waals surface area contributed by atoms with Gasteiger partial charge in [0.25, 0.3) is 0 Å². The Labute approximate surface area is 198 Å². The molecule has 0 saturated carbocycles. The number of hydrogen-bond donors (Lipinski definition) is 0. The minimum Gasteiger partial charge on any atom is -0.495 e. The number of hydrogen-bond acceptors (Lipinski definition) is 5. The topological polar surface area (TPSA) is 70.2 Å². The van der Waals surface area contributed by atoms with E-state index in [0.717, 1.165) is 0 Å². The molecule has 0 unspecified atom stereocenters. The van der Waals surface area contributed by atoms with E-state index in [1.54, 1.807) is 23.1 Å². The molecule has 0 bridgehead atoms. The molecule has 0 aromatic heterocycles. The Morgan fingerprint density at radius 2 is 1.82 bits per heavy atom. The number of ether oxygens (including phenoxy) is 1. The summed E-state index contributed by atoms with van der Waals surface area (Å²) in [6.45, 7) is 2.52. The number of methoxy groups -OCH3 is 1. The maximum absolute atomic E-state index is 14.1. The minimum atomic E-state index is -3.78. The molecule has 2 fully saturated rings. The van der Waals surface area contributed by atoms with Crippen LogP contribution in [0.25, 0.3) is 0 Å². The molecule has 2 aromatic rings. The molecule has 0 radical (unpaired) electrons. The number of rotatable bonds is 5. The zero-order valence-electron chi connectivity index (χ0n) is 18.4. The lowest BCUT2D eigenvalue weighted by Gasteiger charge is -2.39. The molecular weight excluding hydrogens is 469 g/mol. The SMILES string of the molecule is COc1ccc(S(=O)(=O)N2CCC[C@H](C(=O)N3CCN(c4ccccc4F)CC3)C2)cc1Cl. The zero-order chi connectivity index (χ0) is 23.6. The Morgan fingerprint density at radius 1 is 1.09 bits per heavy atom. The number of sulfonamides is 1. The molecule has 0 aliphatic carbocycles. The first kappa shape index (κ1) is 23.8. The molecule has 0 spiro atoms. The summed E-state index contributed by atoms with van der Waals surface area (Å²) < 4.78 is 46.9. The summed E-state index contributed by atoms with van der Waals surface area (Å²) in [7, 11) is -2.32. The van der Waals surface area contributed by atoms with Crippen molar-refractivity contribution >= 4 is 33.2 Å². The van der Waals surface area contributed by atoms with E-state index in [0.29, 0.717) is 57.0 Å². The van der Waals surface area contributed by atoms with Crippen molar-refractivity contribution in [1.29, 1.82) is 0 Å². The van der Waals surface area contributed by atoms with Gasteiger partial charge in [-0.05, 0) is 43.2 Å². The number of piperazine rings is 1. The predicted molar refractivity (Wildman–Crippen MR) is 125 cm³/mol. The van der Waals surface area contributed by atoms with E-state index in [9.17, 15) is 17.6 Å². The fraction of sp³-hybridized carbons (Fsp3) is 0.435. The molecule has 2 aliphatic heterocycles. The molecule has 33 heavy (non-hydrogen) atoms. The number of benzene rings is 2. The van der Waals surface area contributed by atoms with Crippen LogP contribution in [0, 0.1) is 11.7 Å². The Bertz CT molecular complexity index is 1120. The first-order chi connectivity index (χ1) is 15.8. The summed E-state index contributed by atoms with van der Waals surface area (Å²) in [5.41, 5.74) is 0.540. The van der Waals surface area contributed by atoms with Crippen LogP contribution in [0.2, 0.25) is 5.02 Å². The van der Waals surface area contributed by atoms with Crippen LogP contribution in [0.15, 0.2) is 47.4 Å². The lowest BCUT2D eigenvalue weighted by Crippen LogP contribution is -2.53. The molecule has 1 atom stereocenters. The third kappa shape index (κ3) is 4.95. The molecule has 2 aliphatic rings. The second-order valence-corrected chi connectivity index (χ2v) is 10.6. The van der Waals surface area contributed by atoms with Crippen LogP contribution < -0.4 is 9.64 Å². The monoisotopic (exact) mass is 495 g/mol. The van der Waals surface area contributed by atoms with Gasteiger partial charge in [-0.1, -0.05) is 23.7 Å². The van der Waals surface area contributed by atoms with E-state index < -0.39 is 15.9 Å². The van der Waals surface area contributed by atoms with Crippen molar-refractivity contribution in [2.45, 2.75) is 17.7 Å². The van der Waals surface area contributed by atoms with Crippen LogP contribution in [0.4, 0.5) is 10.1 Å². The minimum absolute atomic E-state index is 0.0455. The summed E-state index contributed by atoms with van der Waals surface area (Å²) in [6.07, 6.45) is 1.25. The summed E-state index contributed by atoms with van der Waals surface area (Å²) in [6, 6.07) is 11.0. The van der Waals surface area contributed by atoms with Crippen molar-refractivity contribution in [2.75, 3.05) is 51.3 Å². The standard InChI is InChI=1S/C23H27ClFN3O4S/c1-32-22-9-8-18(15-19(22)24)33(30,31)28-10-4-5-17(16-28)23(29)27-13-11-26(12-14-27)21-7-3-2-6-20(21)25/h2-3,6-9,15,17H,4-5,10-14,16H2,1H3/t17-/m0/s1. The quantitative estimate of drug-likeness (QED) is 0.637. The van der Waals surface area contributed by atoms with E-state index in [4.69, 9.17) is 16.3 Å². The third-order valence-corrected chi connectivity index (χ3v) is 8.44. The van der Waals surface area contributed by atoms with Gasteiger partial charge in [0.05, 0.1) is 28.6 Å². The van der Waals surface area contributed by atoms with Gasteiger partial charge in [-0.15, -0.1) is 0 Å². The molecule has 7 nitrogen and oxygen atoms in total. The van der Waals surface area contributed by atoms with Crippen molar-refractivity contribution in [1.82, 2.24) is 9.21 Å². The largest absolute Gasteiger partial charge is 0.495 e. The van der Waals surface area contributed by atoms with Gasteiger partial charge in [0.1, 0.15) is 11.6 Å². The van der Waals surface area contributed by atoms with Gasteiger partial charge in [0.2, 0.25) is 15.9 Å². The number of halogens is 2. The molecule has 2 aromatic carbocycles. The Kier molecular flexibility index (Phi) is 7.11. The fourth-order valence-electron chi connectivity index (χ4n) is 4.45. The molecule has 1 amide bonds. The highest BCUT2D eigenvalue weighted by molar-refractivity contribution is 7.89. The summed E-state index contributed by atoms with van der Waals surface area (Å²) in [4.78, 5) is 17.0. The van der Waals surface area contributed by atoms with Crippen molar-refractivity contribution in [2.24, 2.45) is 5.92 Å². The first-order valence-electron chi connectivity index (χ1n) is 10.9. The van der Waals surface area contributed by atoms with E-state index in [1.165, 1.54) is 35.7 Å². The van der Waals surface area contributed by atoms with Crippen molar-refractivity contribution < 1.29 is 22.3 Å². The number of nitrogens with zero attached hydrogens (tertiary/aromatic N) is 3. The Morgan fingerprint density at radius 3 is 2.48 bits per heavy atom. The molecule has 4 rings (SSSR count). The molecule has 2 saturated heterocycles. The molecular formula is C23H27ClFN3O4S. The van der Waals surface area contributed by atoms with Crippen LogP contribution in [-0.4, -0.2) is 69.9 Å². The highest BCUT2D eigenvalue weighted by atomic mass is 35.5. The van der Waals surface area contributed by atoms with E-state index in [2.05, 4.69) is 0 Å². The first-order valence-corrected chi connectivity index (χ1v) is 12.7. The molecule has 10 heteroatoms. The van der Waals surface area contributed by atoms with Gasteiger partial charge in [-0.2, -0.15) is 4.31 Å². The lowest BCUT2D eigenvalue weighted by atomic mass is 9.97. The number of anilines is 1. The number of carbonyl (C=O) groups excluding carboxylic acids is 1. The van der Waals surface area contributed by atoms with Crippen LogP contribution in [0.3, 0.4) is 0 Å². The van der Waals surface area contributed by atoms with Gasteiger partial charge >= 0.3 is 0 Å². The molecule has 178 valence electrons. The van der Waals surface area contributed by atoms with Gasteiger partial charge < -0.3 is 14.5 Å². The van der Waals surface area contributed by atoms with Gasteiger partial charge in [-0.25, -0.2) is 12.8 Å². The number of carbonyl (C=O) groups is 1. The molecule has 0 N–H and O–H groups in total. The van der Waals surface area contributed by atoms with Crippen LogP contribution in [0.1, 0.15) is 12.8 Å². The molecule has 2 heterocycles. The number of piperidine rings is 1. The van der Waals surface area contributed by atoms with Gasteiger partial charge in [0.15, 0.2) is 0 Å². The second-order valence-electron chi connectivity index (χ2n) is 8.26. The van der Waals surface area contributed by atoms with Gasteiger partial charge in [-0.3, -0.25) is 4.79 Å². The van der Waals surface area contributed by atoms with Gasteiger partial charge in [0, 0.05) is 39.3 Å². The normalized spacial score (nSPS) is 20.0. The zero-order valence-corrected chi connectivity index (χ0v) is 20.0. The Balaban J connectivity index is 1.41. The predicted octanol–water partition coefficient (Wildman–Crippen LogP) is 3.24. The smallest absolute Gasteiger partial charge is 0.243 e. The second kappa shape index (κ2) is 9.87. The maximum atomic E-state index is 14.1. The summed E-state index contributed by atoms with van der Waals surface area (Å²) in [5, 5.41) is 0.218. The van der Waals surface area contributed by atoms with E-state index in [-0.39, 0.29) is 28.2 Å². The highest BCUT2D eigenvalue weighted by Crippen LogP contribution is 2.31. The van der Waals surface area contributed by atoms with E-state index in [1.807, 2.05) is 4.90 Å².